The highest BCUT2D eigenvalue weighted by Crippen LogP contribution is 2.33. The molecule has 6 nitrogen and oxygen atoms in total. The Morgan fingerprint density at radius 1 is 1.00 bits per heavy atom. The molecule has 0 spiro atoms. The molecule has 4 rings (SSSR count). The maximum Gasteiger partial charge on any atom is 0.231 e. The molecule has 2 aromatic carbocycles. The molecule has 1 aliphatic heterocycles. The van der Waals surface area contributed by atoms with E-state index in [0.29, 0.717) is 17.4 Å². The van der Waals surface area contributed by atoms with Crippen molar-refractivity contribution in [2.75, 3.05) is 31.0 Å². The molecule has 0 aliphatic carbocycles. The molecule has 1 aliphatic rings. The van der Waals surface area contributed by atoms with Gasteiger partial charge in [0.15, 0.2) is 11.5 Å². The highest BCUT2D eigenvalue weighted by Gasteiger charge is 2.20. The number of hydrogen-bond acceptors (Lipinski definition) is 6. The van der Waals surface area contributed by atoms with Gasteiger partial charge in [-0.3, -0.25) is 0 Å². The van der Waals surface area contributed by atoms with Gasteiger partial charge in [-0.25, -0.2) is 4.98 Å². The van der Waals surface area contributed by atoms with Crippen LogP contribution in [-0.4, -0.2) is 30.7 Å². The van der Waals surface area contributed by atoms with Crippen LogP contribution >= 0.6 is 0 Å². The van der Waals surface area contributed by atoms with E-state index in [9.17, 15) is 0 Å². The summed E-state index contributed by atoms with van der Waals surface area (Å²) in [7, 11) is 3.25. The lowest BCUT2D eigenvalue weighted by Gasteiger charge is -2.29. The van der Waals surface area contributed by atoms with Crippen LogP contribution in [0.15, 0.2) is 54.7 Å². The molecule has 27 heavy (non-hydrogen) atoms. The van der Waals surface area contributed by atoms with E-state index in [1.54, 1.807) is 20.4 Å². The molecule has 0 radical (unpaired) electrons. The lowest BCUT2D eigenvalue weighted by atomic mass is 10.0. The summed E-state index contributed by atoms with van der Waals surface area (Å²) < 4.78 is 10.7. The van der Waals surface area contributed by atoms with Crippen LogP contribution < -0.4 is 19.7 Å². The van der Waals surface area contributed by atoms with E-state index in [1.807, 2.05) is 24.3 Å². The maximum atomic E-state index is 5.37. The van der Waals surface area contributed by atoms with E-state index < -0.39 is 0 Å². The molecule has 3 aromatic rings. The highest BCUT2D eigenvalue weighted by atomic mass is 16.5. The minimum absolute atomic E-state index is 0.668. The topological polar surface area (TPSA) is 59.5 Å². The number of nitrogens with one attached hydrogen (secondary N) is 1. The molecule has 0 bridgehead atoms. The molecule has 0 fully saturated rings. The largest absolute Gasteiger partial charge is 0.493 e. The molecule has 0 atom stereocenters. The molecule has 1 aromatic heterocycles. The van der Waals surface area contributed by atoms with Crippen LogP contribution in [0, 0.1) is 0 Å². The second-order valence-electron chi connectivity index (χ2n) is 6.32. The normalized spacial score (nSPS) is 13.0. The fourth-order valence-corrected chi connectivity index (χ4v) is 3.35. The predicted molar refractivity (Wildman–Crippen MR) is 107 cm³/mol. The van der Waals surface area contributed by atoms with Gasteiger partial charge in [-0.2, -0.15) is 4.98 Å². The molecule has 0 saturated carbocycles. The van der Waals surface area contributed by atoms with E-state index in [1.165, 1.54) is 11.3 Å². The maximum absolute atomic E-state index is 5.37. The van der Waals surface area contributed by atoms with E-state index in [4.69, 9.17) is 14.5 Å². The van der Waals surface area contributed by atoms with Crippen molar-refractivity contribution in [2.45, 2.75) is 12.8 Å². The second-order valence-corrected chi connectivity index (χ2v) is 6.32. The molecule has 0 amide bonds. The summed E-state index contributed by atoms with van der Waals surface area (Å²) in [6, 6.07) is 16.0. The van der Waals surface area contributed by atoms with E-state index >= 15 is 0 Å². The van der Waals surface area contributed by atoms with Gasteiger partial charge in [0.1, 0.15) is 5.82 Å². The number of aromatic nitrogens is 2. The number of benzene rings is 2. The molecule has 6 heteroatoms. The summed E-state index contributed by atoms with van der Waals surface area (Å²) >= 11 is 0. The Bertz CT molecular complexity index is 945. The molecule has 0 saturated heterocycles. The third-order valence-electron chi connectivity index (χ3n) is 4.65. The fraction of sp³-hybridized carbons (Fsp3) is 0.238. The fourth-order valence-electron chi connectivity index (χ4n) is 3.35. The van der Waals surface area contributed by atoms with Crippen LogP contribution in [0.25, 0.3) is 0 Å². The number of methoxy groups -OCH3 is 2. The Balaban J connectivity index is 1.61. The summed E-state index contributed by atoms with van der Waals surface area (Å²) in [6.07, 6.45) is 3.96. The summed E-state index contributed by atoms with van der Waals surface area (Å²) in [5.41, 5.74) is 3.40. The Kier molecular flexibility index (Phi) is 4.78. The molecule has 138 valence electrons. The van der Waals surface area contributed by atoms with Crippen molar-refractivity contribution >= 4 is 23.1 Å². The van der Waals surface area contributed by atoms with Crippen LogP contribution in [0.1, 0.15) is 12.0 Å². The average Bonchev–Trinajstić information content (AvgIpc) is 2.73. The number of anilines is 4. The van der Waals surface area contributed by atoms with E-state index in [-0.39, 0.29) is 0 Å². The average molecular weight is 362 g/mol. The minimum atomic E-state index is 0.668. The lowest BCUT2D eigenvalue weighted by molar-refractivity contribution is 0.355. The van der Waals surface area contributed by atoms with Gasteiger partial charge < -0.3 is 19.7 Å². The first-order valence-electron chi connectivity index (χ1n) is 8.96. The number of rotatable bonds is 5. The van der Waals surface area contributed by atoms with Crippen molar-refractivity contribution < 1.29 is 9.47 Å². The van der Waals surface area contributed by atoms with Crippen molar-refractivity contribution in [1.29, 1.82) is 0 Å². The van der Waals surface area contributed by atoms with Gasteiger partial charge in [-0.05, 0) is 42.7 Å². The van der Waals surface area contributed by atoms with Crippen molar-refractivity contribution in [3.63, 3.8) is 0 Å². The van der Waals surface area contributed by atoms with Crippen molar-refractivity contribution in [1.82, 2.24) is 9.97 Å². The van der Waals surface area contributed by atoms with Gasteiger partial charge >= 0.3 is 0 Å². The van der Waals surface area contributed by atoms with Crippen LogP contribution in [0.5, 0.6) is 11.5 Å². The van der Waals surface area contributed by atoms with Crippen LogP contribution in [-0.2, 0) is 6.42 Å². The van der Waals surface area contributed by atoms with Gasteiger partial charge in [-0.1, -0.05) is 18.2 Å². The number of ether oxygens (including phenoxy) is 2. The Hall–Kier alpha value is -3.28. The summed E-state index contributed by atoms with van der Waals surface area (Å²) in [5.74, 6) is 2.79. The third-order valence-corrected chi connectivity index (χ3v) is 4.65. The van der Waals surface area contributed by atoms with Gasteiger partial charge in [-0.15, -0.1) is 0 Å². The zero-order valence-corrected chi connectivity index (χ0v) is 15.5. The van der Waals surface area contributed by atoms with Crippen molar-refractivity contribution in [3.05, 3.63) is 60.3 Å². The first-order valence-corrected chi connectivity index (χ1v) is 8.96. The van der Waals surface area contributed by atoms with Gasteiger partial charge in [0.25, 0.3) is 0 Å². The predicted octanol–water partition coefficient (Wildman–Crippen LogP) is 4.32. The van der Waals surface area contributed by atoms with Crippen molar-refractivity contribution in [2.24, 2.45) is 0 Å². The first kappa shape index (κ1) is 17.1. The second kappa shape index (κ2) is 7.53. The zero-order valence-electron chi connectivity index (χ0n) is 15.5. The standard InChI is InChI=1S/C21H22N4O2/c1-26-18-10-9-16(14-19(18)27-2)23-20-11-12-22-21(24-20)25-13-5-7-15-6-3-4-8-17(15)25/h3-4,6,8-12,14H,5,7,13H2,1-2H3,(H,22,23,24). The highest BCUT2D eigenvalue weighted by molar-refractivity contribution is 5.66. The molecular formula is C21H22N4O2. The zero-order chi connectivity index (χ0) is 18.6. The quantitative estimate of drug-likeness (QED) is 0.729. The third kappa shape index (κ3) is 3.51. The monoisotopic (exact) mass is 362 g/mol. The van der Waals surface area contributed by atoms with Gasteiger partial charge in [0, 0.05) is 30.2 Å². The van der Waals surface area contributed by atoms with Crippen LogP contribution in [0.3, 0.4) is 0 Å². The number of para-hydroxylation sites is 1. The van der Waals surface area contributed by atoms with E-state index in [0.717, 1.165) is 30.9 Å². The summed E-state index contributed by atoms with van der Waals surface area (Å²) in [5, 5.41) is 3.32. The summed E-state index contributed by atoms with van der Waals surface area (Å²) in [4.78, 5) is 11.4. The minimum Gasteiger partial charge on any atom is -0.493 e. The Morgan fingerprint density at radius 2 is 1.85 bits per heavy atom. The van der Waals surface area contributed by atoms with Crippen LogP contribution in [0.2, 0.25) is 0 Å². The molecular weight excluding hydrogens is 340 g/mol. The number of hydrogen-bond donors (Lipinski definition) is 1. The van der Waals surface area contributed by atoms with Gasteiger partial charge in [0.05, 0.1) is 14.2 Å². The molecule has 2 heterocycles. The first-order chi connectivity index (χ1) is 13.3. The molecule has 0 unspecified atom stereocenters. The number of nitrogens with zero attached hydrogens (tertiary/aromatic N) is 3. The Labute approximate surface area is 158 Å². The van der Waals surface area contributed by atoms with Gasteiger partial charge in [0.2, 0.25) is 5.95 Å². The number of fused-ring (bicyclic) bond motifs is 1. The van der Waals surface area contributed by atoms with Crippen molar-refractivity contribution in [3.8, 4) is 11.5 Å². The molecule has 1 N–H and O–H groups in total. The smallest absolute Gasteiger partial charge is 0.231 e. The number of aryl methyl sites for hydroxylation is 1. The Morgan fingerprint density at radius 3 is 2.70 bits per heavy atom. The van der Waals surface area contributed by atoms with E-state index in [2.05, 4.69) is 39.5 Å². The SMILES string of the molecule is COc1ccc(Nc2ccnc(N3CCCc4ccccc43)n2)cc1OC. The van der Waals surface area contributed by atoms with Crippen LogP contribution in [0.4, 0.5) is 23.1 Å². The summed E-state index contributed by atoms with van der Waals surface area (Å²) in [6.45, 7) is 0.914. The lowest BCUT2D eigenvalue weighted by Crippen LogP contribution is -2.26.